The molecule has 0 heterocycles. The molecule has 0 aromatic carbocycles. The van der Waals surface area contributed by atoms with E-state index in [-0.39, 0.29) is 0 Å². The molecule has 0 atom stereocenters. The molecule has 0 bridgehead atoms. The topological polar surface area (TPSA) is 0 Å². The number of unbranched alkanes of at least 4 members (excludes halogenated alkanes) is 5. The van der Waals surface area contributed by atoms with Gasteiger partial charge in [-0.3, -0.25) is 0 Å². The van der Waals surface area contributed by atoms with Crippen LogP contribution in [-0.2, 0) is 0 Å². The van der Waals surface area contributed by atoms with E-state index in [9.17, 15) is 0 Å². The molecule has 0 amide bonds. The van der Waals surface area contributed by atoms with Crippen LogP contribution in [0.15, 0.2) is 0 Å². The van der Waals surface area contributed by atoms with Gasteiger partial charge in [-0.15, -0.1) is 0 Å². The molecule has 0 aromatic heterocycles. The number of thiol groups is 1. The summed E-state index contributed by atoms with van der Waals surface area (Å²) in [5, 5.41) is 0. The standard InChI is InChI=1S/C8H17S.Sn/c1-2-3-4-5-6-7-8-9;/h9H,1-8H2;. The van der Waals surface area contributed by atoms with Crippen LogP contribution in [0.2, 0.25) is 4.44 Å². The van der Waals surface area contributed by atoms with Crippen molar-refractivity contribution in [1.82, 2.24) is 0 Å². The molecule has 0 saturated heterocycles. The van der Waals surface area contributed by atoms with Gasteiger partial charge < -0.3 is 0 Å². The summed E-state index contributed by atoms with van der Waals surface area (Å²) in [6.07, 6.45) is 8.48. The maximum absolute atomic E-state index is 4.17. The van der Waals surface area contributed by atoms with E-state index in [1.54, 1.807) is 22.5 Å². The SMILES string of the molecule is SCCCCCCC[CH2][Sn]. The van der Waals surface area contributed by atoms with Gasteiger partial charge in [0.2, 0.25) is 0 Å². The van der Waals surface area contributed by atoms with E-state index in [1.807, 2.05) is 0 Å². The molecule has 10 heavy (non-hydrogen) atoms. The first-order valence-electron chi connectivity index (χ1n) is 4.17. The first-order chi connectivity index (χ1) is 4.91. The van der Waals surface area contributed by atoms with Gasteiger partial charge in [0.05, 0.1) is 0 Å². The Morgan fingerprint density at radius 1 is 0.800 bits per heavy atom. The van der Waals surface area contributed by atoms with Crippen LogP contribution in [0.4, 0.5) is 0 Å². The minimum absolute atomic E-state index is 1.07. The average molecular weight is 264 g/mol. The van der Waals surface area contributed by atoms with Gasteiger partial charge in [0, 0.05) is 0 Å². The van der Waals surface area contributed by atoms with Crippen LogP contribution in [0.5, 0.6) is 0 Å². The van der Waals surface area contributed by atoms with Crippen LogP contribution >= 0.6 is 12.6 Å². The Bertz CT molecular complexity index is 49.2. The third-order valence-corrected chi connectivity index (χ3v) is 2.91. The fourth-order valence-corrected chi connectivity index (χ4v) is 1.88. The predicted molar refractivity (Wildman–Crippen MR) is 52.1 cm³/mol. The maximum atomic E-state index is 4.17. The molecular formula is C8H17SSn. The molecule has 0 spiro atoms. The van der Waals surface area contributed by atoms with Gasteiger partial charge in [-0.1, -0.05) is 0 Å². The van der Waals surface area contributed by atoms with E-state index in [0.29, 0.717) is 0 Å². The zero-order valence-electron chi connectivity index (χ0n) is 6.60. The molecule has 0 N–H and O–H groups in total. The van der Waals surface area contributed by atoms with E-state index in [0.717, 1.165) is 5.75 Å². The van der Waals surface area contributed by atoms with Crippen LogP contribution < -0.4 is 0 Å². The number of hydrogen-bond acceptors (Lipinski definition) is 1. The van der Waals surface area contributed by atoms with Crippen molar-refractivity contribution in [3.63, 3.8) is 0 Å². The molecule has 0 saturated carbocycles. The quantitative estimate of drug-likeness (QED) is 0.408. The summed E-state index contributed by atoms with van der Waals surface area (Å²) >= 11 is 5.87. The summed E-state index contributed by atoms with van der Waals surface area (Å²) in [5.41, 5.74) is 0. The molecule has 0 aromatic rings. The Labute approximate surface area is 83.7 Å². The summed E-state index contributed by atoms with van der Waals surface area (Å²) in [7, 11) is 0. The second-order valence-electron chi connectivity index (χ2n) is 2.59. The van der Waals surface area contributed by atoms with Crippen LogP contribution in [0.25, 0.3) is 0 Å². The van der Waals surface area contributed by atoms with Crippen molar-refractivity contribution in [2.24, 2.45) is 0 Å². The molecule has 0 rings (SSSR count). The Kier molecular flexibility index (Phi) is 11.3. The summed E-state index contributed by atoms with van der Waals surface area (Å²) in [4.78, 5) is 0. The molecule has 0 aliphatic rings. The third kappa shape index (κ3) is 9.15. The van der Waals surface area contributed by atoms with Gasteiger partial charge in [-0.05, 0) is 0 Å². The van der Waals surface area contributed by atoms with Crippen molar-refractivity contribution in [1.29, 1.82) is 0 Å². The molecule has 0 aliphatic carbocycles. The van der Waals surface area contributed by atoms with E-state index in [1.165, 1.54) is 43.0 Å². The normalized spacial score (nSPS) is 10.2. The van der Waals surface area contributed by atoms with E-state index in [2.05, 4.69) is 12.6 Å². The molecule has 0 aliphatic heterocycles. The molecular weight excluding hydrogens is 247 g/mol. The van der Waals surface area contributed by atoms with E-state index < -0.39 is 0 Å². The van der Waals surface area contributed by atoms with Crippen molar-refractivity contribution in [3.05, 3.63) is 0 Å². The molecule has 0 unspecified atom stereocenters. The average Bonchev–Trinajstić information content (AvgIpc) is 1.97. The number of rotatable bonds is 7. The zero-order valence-corrected chi connectivity index (χ0v) is 10.4. The van der Waals surface area contributed by atoms with Crippen LogP contribution in [0.1, 0.15) is 38.5 Å². The molecule has 3 radical (unpaired) electrons. The Hall–Kier alpha value is 1.15. The fourth-order valence-electron chi connectivity index (χ4n) is 0.944. The Morgan fingerprint density at radius 3 is 1.80 bits per heavy atom. The molecule has 2 heteroatoms. The van der Waals surface area contributed by atoms with Crippen molar-refractivity contribution in [2.45, 2.75) is 43.0 Å². The van der Waals surface area contributed by atoms with Crippen LogP contribution in [0, 0.1) is 0 Å². The fraction of sp³-hybridized carbons (Fsp3) is 1.00. The third-order valence-electron chi connectivity index (χ3n) is 1.58. The summed E-state index contributed by atoms with van der Waals surface area (Å²) in [6.45, 7) is 0. The molecule has 0 nitrogen and oxygen atoms in total. The van der Waals surface area contributed by atoms with Gasteiger partial charge in [0.15, 0.2) is 0 Å². The number of hydrogen-bond donors (Lipinski definition) is 1. The molecule has 0 fully saturated rings. The van der Waals surface area contributed by atoms with E-state index >= 15 is 0 Å². The first-order valence-corrected chi connectivity index (χ1v) is 6.82. The van der Waals surface area contributed by atoms with Gasteiger partial charge in [0.1, 0.15) is 0 Å². The summed E-state index contributed by atoms with van der Waals surface area (Å²) in [5.74, 6) is 1.07. The summed E-state index contributed by atoms with van der Waals surface area (Å²) < 4.78 is 1.44. The van der Waals surface area contributed by atoms with Crippen molar-refractivity contribution < 1.29 is 0 Å². The summed E-state index contributed by atoms with van der Waals surface area (Å²) in [6, 6.07) is 0. The van der Waals surface area contributed by atoms with Crippen LogP contribution in [-0.4, -0.2) is 28.3 Å². The van der Waals surface area contributed by atoms with Crippen LogP contribution in [0.3, 0.4) is 0 Å². The van der Waals surface area contributed by atoms with Crippen molar-refractivity contribution in [3.8, 4) is 0 Å². The zero-order chi connectivity index (χ0) is 7.66. The first kappa shape index (κ1) is 11.1. The minimum atomic E-state index is 1.07. The van der Waals surface area contributed by atoms with Crippen molar-refractivity contribution >= 4 is 35.2 Å². The monoisotopic (exact) mass is 265 g/mol. The Balaban J connectivity index is 2.65. The second kappa shape index (κ2) is 10.1. The van der Waals surface area contributed by atoms with Gasteiger partial charge in [0.25, 0.3) is 0 Å². The van der Waals surface area contributed by atoms with Gasteiger partial charge in [-0.2, -0.15) is 0 Å². The molecule has 59 valence electrons. The van der Waals surface area contributed by atoms with E-state index in [4.69, 9.17) is 0 Å². The van der Waals surface area contributed by atoms with Gasteiger partial charge >= 0.3 is 83.9 Å². The second-order valence-corrected chi connectivity index (χ2v) is 4.47. The van der Waals surface area contributed by atoms with Gasteiger partial charge in [-0.25, -0.2) is 0 Å². The Morgan fingerprint density at radius 2 is 1.30 bits per heavy atom. The van der Waals surface area contributed by atoms with Crippen molar-refractivity contribution in [2.75, 3.05) is 5.75 Å². The predicted octanol–water partition coefficient (Wildman–Crippen LogP) is 2.84.